The van der Waals surface area contributed by atoms with Crippen molar-refractivity contribution in [2.45, 2.75) is 11.3 Å². The molecule has 0 bridgehead atoms. The van der Waals surface area contributed by atoms with Crippen molar-refractivity contribution in [3.8, 4) is 5.69 Å². The molecule has 3 N–H and O–H groups in total. The van der Waals surface area contributed by atoms with Crippen molar-refractivity contribution in [2.24, 2.45) is 5.73 Å². The van der Waals surface area contributed by atoms with Crippen LogP contribution in [0.1, 0.15) is 10.4 Å². The van der Waals surface area contributed by atoms with E-state index in [-0.39, 0.29) is 11.3 Å². The second-order valence-electron chi connectivity index (χ2n) is 5.88. The molecule has 1 aromatic carbocycles. The molecule has 8 nitrogen and oxygen atoms in total. The molecular weight excluding hydrogens is 358 g/mol. The fourth-order valence-corrected chi connectivity index (χ4v) is 4.45. The third-order valence-corrected chi connectivity index (χ3v) is 6.02. The van der Waals surface area contributed by atoms with Crippen LogP contribution in [0.2, 0.25) is 0 Å². The van der Waals surface area contributed by atoms with E-state index in [1.165, 1.54) is 29.2 Å². The molecule has 2 amide bonds. The predicted molar refractivity (Wildman–Crippen MR) is 94.4 cm³/mol. The van der Waals surface area contributed by atoms with E-state index in [0.29, 0.717) is 11.3 Å². The van der Waals surface area contributed by atoms with E-state index < -0.39 is 32.9 Å². The lowest BCUT2D eigenvalue weighted by atomic mass is 10.1. The third-order valence-electron chi connectivity index (χ3n) is 4.03. The highest BCUT2D eigenvalue weighted by Crippen LogP contribution is 2.20. The Hall–Kier alpha value is -2.94. The maximum atomic E-state index is 12.3. The summed E-state index contributed by atoms with van der Waals surface area (Å²) in [5, 5.41) is 1.17. The van der Waals surface area contributed by atoms with Gasteiger partial charge in [0.15, 0.2) is 9.84 Å². The van der Waals surface area contributed by atoms with Crippen molar-refractivity contribution in [3.63, 3.8) is 0 Å². The Morgan fingerprint density at radius 1 is 1.12 bits per heavy atom. The van der Waals surface area contributed by atoms with Crippen LogP contribution in [0, 0.1) is 6.42 Å². The van der Waals surface area contributed by atoms with Crippen molar-refractivity contribution in [1.82, 2.24) is 9.88 Å². The molecule has 0 saturated carbocycles. The molecular formula is C17H16N3O5S. The first kappa shape index (κ1) is 17.9. The van der Waals surface area contributed by atoms with Crippen molar-refractivity contribution >= 4 is 21.7 Å². The molecule has 3 rings (SSSR count). The Labute approximate surface area is 149 Å². The van der Waals surface area contributed by atoms with Gasteiger partial charge in [-0.05, 0) is 30.3 Å². The summed E-state index contributed by atoms with van der Waals surface area (Å²) in [4.78, 5) is 35.3. The molecule has 0 spiro atoms. The number of amides is 2. The molecule has 2 atom stereocenters. The maximum absolute atomic E-state index is 12.3. The molecule has 2 heterocycles. The number of rotatable bonds is 4. The lowest BCUT2D eigenvalue weighted by Gasteiger charge is -2.11. The number of carbonyl (C=O) groups excluding carboxylic acids is 2. The molecule has 9 heteroatoms. The molecule has 135 valence electrons. The van der Waals surface area contributed by atoms with Gasteiger partial charge in [0.2, 0.25) is 5.91 Å². The van der Waals surface area contributed by atoms with Gasteiger partial charge in [-0.3, -0.25) is 19.0 Å². The van der Waals surface area contributed by atoms with Crippen molar-refractivity contribution in [1.29, 1.82) is 0 Å². The molecule has 2 unspecified atom stereocenters. The maximum Gasteiger partial charge on any atom is 0.255 e. The molecule has 2 aromatic rings. The molecule has 26 heavy (non-hydrogen) atoms. The number of aromatic nitrogens is 1. The molecule has 1 fully saturated rings. The molecule has 1 saturated heterocycles. The SMILES string of the molecule is NC(=O)C1[CH]C(NC(=O)c2ccc(-n3ccccc3=O)cc2)CS1(=O)=O. The minimum Gasteiger partial charge on any atom is -0.369 e. The van der Waals surface area contributed by atoms with Crippen LogP contribution >= 0.6 is 0 Å². The topological polar surface area (TPSA) is 128 Å². The third kappa shape index (κ3) is 3.52. The molecule has 1 radical (unpaired) electrons. The zero-order valence-electron chi connectivity index (χ0n) is 13.5. The quantitative estimate of drug-likeness (QED) is 0.740. The average molecular weight is 374 g/mol. The summed E-state index contributed by atoms with van der Waals surface area (Å²) in [6, 6.07) is 10.3. The summed E-state index contributed by atoms with van der Waals surface area (Å²) in [7, 11) is -3.69. The Bertz CT molecular complexity index is 1010. The number of hydrogen-bond donors (Lipinski definition) is 2. The molecule has 0 aliphatic carbocycles. The van der Waals surface area contributed by atoms with E-state index >= 15 is 0 Å². The van der Waals surface area contributed by atoms with Crippen LogP contribution < -0.4 is 16.6 Å². The fraction of sp³-hybridized carbons (Fsp3) is 0.176. The Morgan fingerprint density at radius 2 is 1.81 bits per heavy atom. The summed E-state index contributed by atoms with van der Waals surface area (Å²) >= 11 is 0. The lowest BCUT2D eigenvalue weighted by molar-refractivity contribution is -0.117. The first-order valence-corrected chi connectivity index (χ1v) is 9.44. The molecule has 1 aromatic heterocycles. The van der Waals surface area contributed by atoms with Gasteiger partial charge in [-0.1, -0.05) is 6.07 Å². The molecule has 1 aliphatic rings. The van der Waals surface area contributed by atoms with Gasteiger partial charge in [0.05, 0.1) is 5.75 Å². The number of nitrogens with two attached hydrogens (primary N) is 1. The summed E-state index contributed by atoms with van der Waals surface area (Å²) in [6.07, 6.45) is 2.84. The number of carbonyl (C=O) groups is 2. The predicted octanol–water partition coefficient (Wildman–Crippen LogP) is -0.578. The van der Waals surface area contributed by atoms with Gasteiger partial charge in [0, 0.05) is 36.0 Å². The minimum absolute atomic E-state index is 0.201. The second kappa shape index (κ2) is 6.75. The number of primary amides is 1. The standard InChI is InChI=1S/C17H16N3O5S/c18-16(22)14-9-12(10-26(14,24)25)19-17(23)11-4-6-13(7-5-11)20-8-2-1-3-15(20)21/h1-9,12,14H,10H2,(H2,18,22)(H,19,23). The van der Waals surface area contributed by atoms with Gasteiger partial charge >= 0.3 is 0 Å². The van der Waals surface area contributed by atoms with Gasteiger partial charge < -0.3 is 11.1 Å². The summed E-state index contributed by atoms with van der Waals surface area (Å²) < 4.78 is 25.1. The van der Waals surface area contributed by atoms with Crippen molar-refractivity contribution in [2.75, 3.05) is 5.75 Å². The fourth-order valence-electron chi connectivity index (χ4n) is 2.77. The van der Waals surface area contributed by atoms with E-state index in [4.69, 9.17) is 5.73 Å². The summed E-state index contributed by atoms with van der Waals surface area (Å²) in [6.45, 7) is 0. The van der Waals surface area contributed by atoms with E-state index in [0.717, 1.165) is 0 Å². The van der Waals surface area contributed by atoms with Gasteiger partial charge in [0.25, 0.3) is 11.5 Å². The lowest BCUT2D eigenvalue weighted by Crippen LogP contribution is -2.36. The van der Waals surface area contributed by atoms with Crippen LogP contribution in [0.3, 0.4) is 0 Å². The Morgan fingerprint density at radius 3 is 2.38 bits per heavy atom. The highest BCUT2D eigenvalue weighted by molar-refractivity contribution is 7.93. The zero-order valence-corrected chi connectivity index (χ0v) is 14.3. The highest BCUT2D eigenvalue weighted by Gasteiger charge is 2.42. The molecule has 1 aliphatic heterocycles. The van der Waals surface area contributed by atoms with Crippen molar-refractivity contribution < 1.29 is 18.0 Å². The van der Waals surface area contributed by atoms with Gasteiger partial charge in [-0.15, -0.1) is 0 Å². The van der Waals surface area contributed by atoms with E-state index in [2.05, 4.69) is 5.32 Å². The van der Waals surface area contributed by atoms with E-state index in [1.807, 2.05) is 0 Å². The van der Waals surface area contributed by atoms with Gasteiger partial charge in [-0.25, -0.2) is 8.42 Å². The largest absolute Gasteiger partial charge is 0.369 e. The second-order valence-corrected chi connectivity index (χ2v) is 8.05. The van der Waals surface area contributed by atoms with Crippen molar-refractivity contribution in [3.05, 3.63) is 71.0 Å². The Balaban J connectivity index is 1.73. The Kier molecular flexibility index (Phi) is 4.64. The van der Waals surface area contributed by atoms with E-state index in [9.17, 15) is 22.8 Å². The monoisotopic (exact) mass is 374 g/mol. The number of nitrogens with one attached hydrogen (secondary N) is 1. The van der Waals surface area contributed by atoms with Crippen LogP contribution in [0.15, 0.2) is 53.5 Å². The minimum atomic E-state index is -3.69. The average Bonchev–Trinajstić information content (AvgIpc) is 2.90. The van der Waals surface area contributed by atoms with E-state index in [1.54, 1.807) is 30.5 Å². The number of benzene rings is 1. The smallest absolute Gasteiger partial charge is 0.255 e. The normalized spacial score (nSPS) is 21.2. The van der Waals surface area contributed by atoms with Crippen LogP contribution in [0.25, 0.3) is 5.69 Å². The summed E-state index contributed by atoms with van der Waals surface area (Å²) in [5.41, 5.74) is 5.76. The van der Waals surface area contributed by atoms with Crippen LogP contribution in [-0.2, 0) is 14.6 Å². The van der Waals surface area contributed by atoms with Crippen LogP contribution in [0.4, 0.5) is 0 Å². The number of sulfone groups is 1. The number of nitrogens with zero attached hydrogens (tertiary/aromatic N) is 1. The first-order chi connectivity index (χ1) is 12.3. The first-order valence-electron chi connectivity index (χ1n) is 7.73. The van der Waals surface area contributed by atoms with Gasteiger partial charge in [0.1, 0.15) is 5.25 Å². The van der Waals surface area contributed by atoms with Crippen LogP contribution in [0.5, 0.6) is 0 Å². The van der Waals surface area contributed by atoms with Crippen LogP contribution in [-0.4, -0.2) is 41.8 Å². The summed E-state index contributed by atoms with van der Waals surface area (Å²) in [5.74, 6) is -1.82. The zero-order chi connectivity index (χ0) is 18.9. The number of hydrogen-bond acceptors (Lipinski definition) is 5. The number of pyridine rings is 1. The highest BCUT2D eigenvalue weighted by atomic mass is 32.2. The van der Waals surface area contributed by atoms with Gasteiger partial charge in [-0.2, -0.15) is 0 Å².